The highest BCUT2D eigenvalue weighted by atomic mass is 79.9. The number of aryl methyl sites for hydroxylation is 3. The smallest absolute Gasteiger partial charge is 0.358 e. The van der Waals surface area contributed by atoms with E-state index in [4.69, 9.17) is 9.47 Å². The van der Waals surface area contributed by atoms with Gasteiger partial charge in [0.2, 0.25) is 0 Å². The number of nitrogens with zero attached hydrogens (tertiary/aromatic N) is 6. The Morgan fingerprint density at radius 2 is 1.21 bits per heavy atom. The van der Waals surface area contributed by atoms with Gasteiger partial charge in [0.25, 0.3) is 0 Å². The van der Waals surface area contributed by atoms with Gasteiger partial charge < -0.3 is 18.6 Å². The molecule has 0 atom stereocenters. The van der Waals surface area contributed by atoms with Crippen LogP contribution in [0.5, 0.6) is 0 Å². The zero-order valence-corrected chi connectivity index (χ0v) is 31.5. The van der Waals surface area contributed by atoms with Crippen LogP contribution in [0.3, 0.4) is 0 Å². The third-order valence-electron chi connectivity index (χ3n) is 7.60. The van der Waals surface area contributed by atoms with E-state index in [1.165, 1.54) is 30.5 Å². The predicted octanol–water partition coefficient (Wildman–Crippen LogP) is 8.53. The predicted molar refractivity (Wildman–Crippen MR) is 198 cm³/mol. The van der Waals surface area contributed by atoms with Crippen molar-refractivity contribution in [3.8, 4) is 23.0 Å². The fraction of sp³-hybridized carbons (Fsp3) is 0.211. The number of hydrogen-bond donors (Lipinski definition) is 0. The minimum atomic E-state index is -0.468. The Bertz CT molecular complexity index is 2080. The van der Waals surface area contributed by atoms with Crippen molar-refractivity contribution in [2.24, 2.45) is 0 Å². The van der Waals surface area contributed by atoms with Gasteiger partial charge in [0.05, 0.1) is 19.4 Å². The first-order chi connectivity index (χ1) is 25.1. The van der Waals surface area contributed by atoms with Gasteiger partial charge in [-0.2, -0.15) is 0 Å². The summed E-state index contributed by atoms with van der Waals surface area (Å²) < 4.78 is 41.7. The molecule has 2 aromatic carbocycles. The largest absolute Gasteiger partial charge is 0.461 e. The van der Waals surface area contributed by atoms with Crippen LogP contribution in [0.4, 0.5) is 8.78 Å². The average molecular weight is 837 g/mol. The highest BCUT2D eigenvalue weighted by Gasteiger charge is 2.20. The molecule has 0 unspecified atom stereocenters. The van der Waals surface area contributed by atoms with E-state index in [0.29, 0.717) is 54.7 Å². The summed E-state index contributed by atoms with van der Waals surface area (Å²) in [5, 5.41) is 0. The molecule has 0 spiro atoms. The molecule has 0 saturated carbocycles. The number of aromatic nitrogens is 6. The van der Waals surface area contributed by atoms with Gasteiger partial charge in [-0.1, -0.05) is 56.1 Å². The van der Waals surface area contributed by atoms with Gasteiger partial charge in [0.1, 0.15) is 28.7 Å². The molecule has 0 amide bonds. The molecule has 0 aliphatic carbocycles. The lowest BCUT2D eigenvalue weighted by molar-refractivity contribution is 0.0507. The molecule has 0 radical (unpaired) electrons. The molecular weight excluding hydrogens is 802 g/mol. The number of hydrogen-bond acceptors (Lipinski definition) is 8. The number of pyridine rings is 2. The molecule has 268 valence electrons. The first-order valence-corrected chi connectivity index (χ1v) is 17.9. The Hall–Kier alpha value is -5.08. The number of rotatable bonds is 12. The van der Waals surface area contributed by atoms with Crippen molar-refractivity contribution in [3.63, 3.8) is 0 Å². The second-order valence-corrected chi connectivity index (χ2v) is 13.0. The summed E-state index contributed by atoms with van der Waals surface area (Å²) in [7, 11) is 0. The molecule has 52 heavy (non-hydrogen) atoms. The monoisotopic (exact) mass is 834 g/mol. The van der Waals surface area contributed by atoms with Crippen LogP contribution in [-0.2, 0) is 35.4 Å². The SMILES string of the molecule is CCOC(=O)c1cn(CCc2ccc(F)cc2)c(-c2cc(Br)ccn2)n1.CCOC(=O)c1cnc(-c2cc(Br)ccn2)n1CCc1ccc(F)cc1. The summed E-state index contributed by atoms with van der Waals surface area (Å²) in [5.74, 6) is -0.278. The lowest BCUT2D eigenvalue weighted by atomic mass is 10.1. The van der Waals surface area contributed by atoms with E-state index in [1.807, 2.05) is 28.8 Å². The zero-order valence-electron chi connectivity index (χ0n) is 28.3. The van der Waals surface area contributed by atoms with Crippen LogP contribution in [-0.4, -0.2) is 54.2 Å². The second kappa shape index (κ2) is 18.4. The summed E-state index contributed by atoms with van der Waals surface area (Å²) in [5.41, 5.74) is 3.85. The molecule has 6 aromatic rings. The van der Waals surface area contributed by atoms with Crippen molar-refractivity contribution in [3.05, 3.63) is 141 Å². The van der Waals surface area contributed by atoms with Gasteiger partial charge >= 0.3 is 11.9 Å². The van der Waals surface area contributed by atoms with Crippen molar-refractivity contribution in [1.82, 2.24) is 29.1 Å². The van der Waals surface area contributed by atoms with Crippen molar-refractivity contribution in [2.45, 2.75) is 39.8 Å². The number of carbonyl (C=O) groups is 2. The molecule has 14 heteroatoms. The standard InChI is InChI=1S/2C19H17BrFN3O2/c1-2-26-19(25)17-12-24(10-8-13-3-5-15(21)6-4-13)18(23-17)16-11-14(20)7-9-22-16;1-2-26-19(25)17-12-23-18(16-11-14(20)7-9-22-16)24(17)10-8-13-3-5-15(21)6-4-13/h2*3-7,9,11-12H,2,8,10H2,1H3. The Morgan fingerprint density at radius 1 is 0.692 bits per heavy atom. The molecule has 6 rings (SSSR count). The van der Waals surface area contributed by atoms with Crippen molar-refractivity contribution >= 4 is 43.8 Å². The number of esters is 2. The first-order valence-electron chi connectivity index (χ1n) is 16.3. The van der Waals surface area contributed by atoms with Crippen LogP contribution in [0.25, 0.3) is 23.0 Å². The Morgan fingerprint density at radius 3 is 1.75 bits per heavy atom. The minimum absolute atomic E-state index is 0.239. The topological polar surface area (TPSA) is 114 Å². The lowest BCUT2D eigenvalue weighted by Crippen LogP contribution is -2.14. The van der Waals surface area contributed by atoms with E-state index in [9.17, 15) is 18.4 Å². The highest BCUT2D eigenvalue weighted by molar-refractivity contribution is 9.10. The molecule has 10 nitrogen and oxygen atoms in total. The van der Waals surface area contributed by atoms with Gasteiger partial charge in [-0.15, -0.1) is 0 Å². The van der Waals surface area contributed by atoms with Gasteiger partial charge in [0.15, 0.2) is 17.3 Å². The van der Waals surface area contributed by atoms with Crippen molar-refractivity contribution in [1.29, 1.82) is 0 Å². The molecule has 0 bridgehead atoms. The van der Waals surface area contributed by atoms with E-state index >= 15 is 0 Å². The van der Waals surface area contributed by atoms with E-state index in [1.54, 1.807) is 61.3 Å². The number of halogens is 4. The van der Waals surface area contributed by atoms with Gasteiger partial charge in [-0.25, -0.2) is 28.3 Å². The molecular formula is C38H34Br2F2N6O4. The second-order valence-electron chi connectivity index (χ2n) is 11.2. The minimum Gasteiger partial charge on any atom is -0.461 e. The number of carbonyl (C=O) groups excluding carboxylic acids is 2. The van der Waals surface area contributed by atoms with Crippen molar-refractivity contribution in [2.75, 3.05) is 13.2 Å². The van der Waals surface area contributed by atoms with Crippen LogP contribution < -0.4 is 0 Å². The van der Waals surface area contributed by atoms with E-state index in [-0.39, 0.29) is 30.5 Å². The quantitative estimate of drug-likeness (QED) is 0.113. The first kappa shape index (κ1) is 38.2. The highest BCUT2D eigenvalue weighted by Crippen LogP contribution is 2.23. The maximum absolute atomic E-state index is 13.1. The Labute approximate surface area is 316 Å². The number of ether oxygens (including phenoxy) is 2. The fourth-order valence-electron chi connectivity index (χ4n) is 5.12. The van der Waals surface area contributed by atoms with Crippen LogP contribution >= 0.6 is 31.9 Å². The van der Waals surface area contributed by atoms with Crippen LogP contribution in [0.2, 0.25) is 0 Å². The van der Waals surface area contributed by atoms with Crippen LogP contribution in [0.1, 0.15) is 46.0 Å². The zero-order chi connectivity index (χ0) is 37.0. The maximum Gasteiger partial charge on any atom is 0.358 e. The third-order valence-corrected chi connectivity index (χ3v) is 8.58. The lowest BCUT2D eigenvalue weighted by Gasteiger charge is -2.11. The average Bonchev–Trinajstić information content (AvgIpc) is 3.77. The van der Waals surface area contributed by atoms with Gasteiger partial charge in [0, 0.05) is 40.6 Å². The number of imidazole rings is 2. The van der Waals surface area contributed by atoms with Crippen molar-refractivity contribution < 1.29 is 27.8 Å². The molecule has 0 saturated heterocycles. The Balaban J connectivity index is 0.000000201. The molecule has 0 aliphatic heterocycles. The molecule has 4 heterocycles. The summed E-state index contributed by atoms with van der Waals surface area (Å²) >= 11 is 6.85. The van der Waals surface area contributed by atoms with Crippen LogP contribution in [0, 0.1) is 11.6 Å². The van der Waals surface area contributed by atoms with E-state index in [2.05, 4.69) is 51.8 Å². The van der Waals surface area contributed by atoms with E-state index < -0.39 is 11.9 Å². The molecule has 0 fully saturated rings. The number of benzene rings is 2. The fourth-order valence-corrected chi connectivity index (χ4v) is 5.79. The summed E-state index contributed by atoms with van der Waals surface area (Å²) in [6.45, 7) is 5.14. The maximum atomic E-state index is 13.1. The molecule has 0 N–H and O–H groups in total. The summed E-state index contributed by atoms with van der Waals surface area (Å²) in [6, 6.07) is 20.0. The molecule has 4 aromatic heterocycles. The normalized spacial score (nSPS) is 10.7. The summed E-state index contributed by atoms with van der Waals surface area (Å²) in [4.78, 5) is 41.8. The summed E-state index contributed by atoms with van der Waals surface area (Å²) in [6.07, 6.45) is 7.79. The Kier molecular flexibility index (Phi) is 13.5. The van der Waals surface area contributed by atoms with Gasteiger partial charge in [-0.3, -0.25) is 9.97 Å². The third kappa shape index (κ3) is 10.3. The van der Waals surface area contributed by atoms with E-state index in [0.717, 1.165) is 20.1 Å². The van der Waals surface area contributed by atoms with Gasteiger partial charge in [-0.05, 0) is 86.3 Å². The van der Waals surface area contributed by atoms with Crippen LogP contribution in [0.15, 0.2) is 107 Å². The molecule has 0 aliphatic rings.